The summed E-state index contributed by atoms with van der Waals surface area (Å²) in [6, 6.07) is 9.55. The Bertz CT molecular complexity index is 853. The molecule has 4 N–H and O–H groups in total. The summed E-state index contributed by atoms with van der Waals surface area (Å²) in [5.74, 6) is -2.88. The molecule has 28 heavy (non-hydrogen) atoms. The van der Waals surface area contributed by atoms with Crippen molar-refractivity contribution < 1.29 is 27.9 Å². The molecule has 0 unspecified atom stereocenters. The fraction of sp³-hybridized carbons (Fsp3) is 0.389. The molecular formula is C18H19ClF3N3O3. The molecule has 10 heteroatoms. The number of aromatic nitrogens is 1. The summed E-state index contributed by atoms with van der Waals surface area (Å²) >= 11 is 5.94. The second-order valence-electron chi connectivity index (χ2n) is 6.42. The lowest BCUT2D eigenvalue weighted by atomic mass is 9.92. The molecule has 0 atom stereocenters. The Morgan fingerprint density at radius 3 is 2.32 bits per heavy atom. The van der Waals surface area contributed by atoms with Gasteiger partial charge in [-0.15, -0.1) is 0 Å². The highest BCUT2D eigenvalue weighted by atomic mass is 35.5. The molecule has 1 aromatic heterocycles. The van der Waals surface area contributed by atoms with Gasteiger partial charge in [0.2, 0.25) is 0 Å². The second kappa shape index (κ2) is 9.20. The van der Waals surface area contributed by atoms with Crippen LogP contribution in [-0.2, 0) is 4.79 Å². The van der Waals surface area contributed by atoms with E-state index < -0.39 is 12.1 Å². The van der Waals surface area contributed by atoms with Gasteiger partial charge in [0.1, 0.15) is 5.69 Å². The molecule has 2 aromatic rings. The molecule has 0 saturated heterocycles. The lowest BCUT2D eigenvalue weighted by Crippen LogP contribution is -2.40. The Kier molecular flexibility index (Phi) is 7.20. The number of carbonyl (C=O) groups excluding carboxylic acids is 1. The predicted molar refractivity (Wildman–Crippen MR) is 98.1 cm³/mol. The molecular weight excluding hydrogens is 399 g/mol. The first-order valence-corrected chi connectivity index (χ1v) is 8.87. The van der Waals surface area contributed by atoms with Gasteiger partial charge >= 0.3 is 12.1 Å². The number of benzene rings is 1. The summed E-state index contributed by atoms with van der Waals surface area (Å²) < 4.78 is 31.7. The Hall–Kier alpha value is -2.39. The normalized spacial score (nSPS) is 19.5. The number of carboxylic acid groups (broad SMARTS) is 1. The van der Waals surface area contributed by atoms with Crippen molar-refractivity contribution in [1.82, 2.24) is 10.3 Å². The first-order valence-electron chi connectivity index (χ1n) is 8.49. The van der Waals surface area contributed by atoms with Crippen LogP contribution < -0.4 is 11.1 Å². The minimum Gasteiger partial charge on any atom is -0.475 e. The van der Waals surface area contributed by atoms with Crippen LogP contribution >= 0.6 is 11.6 Å². The largest absolute Gasteiger partial charge is 0.490 e. The van der Waals surface area contributed by atoms with Crippen LogP contribution in [0.5, 0.6) is 0 Å². The maximum Gasteiger partial charge on any atom is 0.490 e. The van der Waals surface area contributed by atoms with Gasteiger partial charge in [0.05, 0.1) is 5.52 Å². The molecule has 1 saturated carbocycles. The van der Waals surface area contributed by atoms with Crippen molar-refractivity contribution in [2.75, 3.05) is 0 Å². The van der Waals surface area contributed by atoms with Gasteiger partial charge in [0.25, 0.3) is 5.91 Å². The maximum absolute atomic E-state index is 12.3. The van der Waals surface area contributed by atoms with Gasteiger partial charge in [0, 0.05) is 22.5 Å². The fourth-order valence-corrected chi connectivity index (χ4v) is 2.93. The monoisotopic (exact) mass is 417 g/mol. The maximum atomic E-state index is 12.3. The number of alkyl halides is 3. The van der Waals surface area contributed by atoms with Gasteiger partial charge in [-0.2, -0.15) is 13.2 Å². The van der Waals surface area contributed by atoms with Gasteiger partial charge in [-0.1, -0.05) is 17.7 Å². The minimum atomic E-state index is -5.08. The second-order valence-corrected chi connectivity index (χ2v) is 6.86. The van der Waals surface area contributed by atoms with Crippen LogP contribution in [0.25, 0.3) is 10.9 Å². The molecule has 0 bridgehead atoms. The average molecular weight is 418 g/mol. The molecule has 1 aliphatic rings. The molecule has 152 valence electrons. The first kappa shape index (κ1) is 21.9. The van der Waals surface area contributed by atoms with Crippen molar-refractivity contribution in [3.63, 3.8) is 0 Å². The highest BCUT2D eigenvalue weighted by molar-refractivity contribution is 6.31. The number of pyridine rings is 1. The third kappa shape index (κ3) is 6.35. The number of rotatable bonds is 2. The summed E-state index contributed by atoms with van der Waals surface area (Å²) in [7, 11) is 0. The molecule has 1 aliphatic carbocycles. The van der Waals surface area contributed by atoms with Gasteiger partial charge in [-0.25, -0.2) is 9.78 Å². The number of nitrogens with two attached hydrogens (primary N) is 1. The first-order chi connectivity index (χ1) is 13.1. The van der Waals surface area contributed by atoms with E-state index in [2.05, 4.69) is 10.3 Å². The van der Waals surface area contributed by atoms with Crippen molar-refractivity contribution in [2.24, 2.45) is 5.73 Å². The minimum absolute atomic E-state index is 0.118. The zero-order valence-electron chi connectivity index (χ0n) is 14.7. The number of aliphatic carboxylic acids is 1. The number of hydrogen-bond acceptors (Lipinski definition) is 4. The number of hydrogen-bond donors (Lipinski definition) is 3. The molecule has 6 nitrogen and oxygen atoms in total. The van der Waals surface area contributed by atoms with E-state index in [4.69, 9.17) is 27.2 Å². The smallest absolute Gasteiger partial charge is 0.475 e. The molecule has 1 fully saturated rings. The zero-order valence-corrected chi connectivity index (χ0v) is 15.4. The topological polar surface area (TPSA) is 105 Å². The highest BCUT2D eigenvalue weighted by Gasteiger charge is 2.38. The summed E-state index contributed by atoms with van der Waals surface area (Å²) in [5, 5.41) is 11.8. The Morgan fingerprint density at radius 2 is 1.75 bits per heavy atom. The molecule has 1 heterocycles. The van der Waals surface area contributed by atoms with Crippen LogP contribution in [0.2, 0.25) is 5.02 Å². The third-order valence-corrected chi connectivity index (χ3v) is 4.47. The van der Waals surface area contributed by atoms with E-state index in [9.17, 15) is 18.0 Å². The summed E-state index contributed by atoms with van der Waals surface area (Å²) in [5.41, 5.74) is 7.10. The van der Waals surface area contributed by atoms with Crippen LogP contribution in [0.3, 0.4) is 0 Å². The predicted octanol–water partition coefficient (Wildman–Crippen LogP) is 3.52. The number of amides is 1. The highest BCUT2D eigenvalue weighted by Crippen LogP contribution is 2.20. The SMILES string of the molecule is N[C@H]1CC[C@H](NC(=O)c2ccc3cc(Cl)ccc3n2)CC1.O=C(O)C(F)(F)F. The van der Waals surface area contributed by atoms with Gasteiger partial charge in [-0.3, -0.25) is 4.79 Å². The Labute approximate surface area is 163 Å². The van der Waals surface area contributed by atoms with Crippen molar-refractivity contribution in [1.29, 1.82) is 0 Å². The lowest BCUT2D eigenvalue weighted by Gasteiger charge is -2.26. The van der Waals surface area contributed by atoms with Crippen molar-refractivity contribution >= 4 is 34.4 Å². The van der Waals surface area contributed by atoms with Crippen LogP contribution in [0.4, 0.5) is 13.2 Å². The van der Waals surface area contributed by atoms with Crippen LogP contribution in [0.1, 0.15) is 36.2 Å². The third-order valence-electron chi connectivity index (χ3n) is 4.23. The number of carbonyl (C=O) groups is 2. The van der Waals surface area contributed by atoms with Crippen LogP contribution in [-0.4, -0.2) is 40.2 Å². The summed E-state index contributed by atoms with van der Waals surface area (Å²) in [6.45, 7) is 0. The van der Waals surface area contributed by atoms with E-state index in [0.717, 1.165) is 36.6 Å². The molecule has 3 rings (SSSR count). The zero-order chi connectivity index (χ0) is 20.9. The van der Waals surface area contributed by atoms with Crippen molar-refractivity contribution in [3.8, 4) is 0 Å². The summed E-state index contributed by atoms with van der Waals surface area (Å²) in [6.07, 6.45) is -1.27. The number of nitrogens with one attached hydrogen (secondary N) is 1. The van der Waals surface area contributed by atoms with E-state index >= 15 is 0 Å². The standard InChI is InChI=1S/C16H18ClN3O.C2HF3O2/c17-11-2-8-14-10(9-11)1-7-15(20-14)16(21)19-13-5-3-12(18)4-6-13;3-2(4,5)1(6)7/h1-2,7-9,12-13H,3-6,18H2,(H,19,21);(H,6,7)/t12-,13-;. The quantitative estimate of drug-likeness (QED) is 0.693. The van der Waals surface area contributed by atoms with E-state index in [0.29, 0.717) is 10.7 Å². The van der Waals surface area contributed by atoms with E-state index in [1.807, 2.05) is 18.2 Å². The number of nitrogens with zero attached hydrogens (tertiary/aromatic N) is 1. The summed E-state index contributed by atoms with van der Waals surface area (Å²) in [4.78, 5) is 25.6. The molecule has 0 aliphatic heterocycles. The van der Waals surface area contributed by atoms with Crippen molar-refractivity contribution in [3.05, 3.63) is 41.0 Å². The Balaban J connectivity index is 0.000000345. The van der Waals surface area contributed by atoms with E-state index in [1.165, 1.54) is 0 Å². The molecule has 0 spiro atoms. The molecule has 1 aromatic carbocycles. The van der Waals surface area contributed by atoms with Crippen molar-refractivity contribution in [2.45, 2.75) is 43.9 Å². The van der Waals surface area contributed by atoms with E-state index in [1.54, 1.807) is 12.1 Å². The van der Waals surface area contributed by atoms with E-state index in [-0.39, 0.29) is 18.0 Å². The average Bonchev–Trinajstić information content (AvgIpc) is 2.63. The van der Waals surface area contributed by atoms with Gasteiger partial charge < -0.3 is 16.2 Å². The lowest BCUT2D eigenvalue weighted by molar-refractivity contribution is -0.192. The molecule has 0 radical (unpaired) electrons. The molecule has 1 amide bonds. The van der Waals surface area contributed by atoms with Crippen LogP contribution in [0, 0.1) is 0 Å². The fourth-order valence-electron chi connectivity index (χ4n) is 2.75. The Morgan fingerprint density at radius 1 is 1.14 bits per heavy atom. The van der Waals surface area contributed by atoms with Gasteiger partial charge in [-0.05, 0) is 49.9 Å². The number of fused-ring (bicyclic) bond motifs is 1. The van der Waals surface area contributed by atoms with Gasteiger partial charge in [0.15, 0.2) is 0 Å². The number of carboxylic acids is 1. The van der Waals surface area contributed by atoms with Crippen LogP contribution in [0.15, 0.2) is 30.3 Å². The number of halogens is 4.